The fraction of sp³-hybridized carbons (Fsp3) is 0.923. The summed E-state index contributed by atoms with van der Waals surface area (Å²) in [6, 6.07) is 2.33. The van der Waals surface area contributed by atoms with Crippen molar-refractivity contribution in [2.45, 2.75) is 58.0 Å². The zero-order valence-corrected chi connectivity index (χ0v) is 10.2. The average Bonchev–Trinajstić information content (AvgIpc) is 2.35. The molecule has 1 aliphatic rings. The minimum Gasteiger partial charge on any atom is -0.391 e. The molecule has 1 heterocycles. The molecule has 0 amide bonds. The minimum absolute atomic E-state index is 0.474. The summed E-state index contributed by atoms with van der Waals surface area (Å²) in [5.74, 6) is 0. The molecule has 0 radical (unpaired) electrons. The first-order valence-corrected chi connectivity index (χ1v) is 6.42. The molecule has 0 bridgehead atoms. The first-order chi connectivity index (χ1) is 7.75. The van der Waals surface area contributed by atoms with Crippen LogP contribution in [0.5, 0.6) is 0 Å². The Balaban J connectivity index is 2.37. The van der Waals surface area contributed by atoms with Gasteiger partial charge < -0.3 is 9.84 Å². The molecule has 3 heteroatoms. The van der Waals surface area contributed by atoms with Gasteiger partial charge in [0.05, 0.1) is 17.6 Å². The lowest BCUT2D eigenvalue weighted by molar-refractivity contribution is -0.0334. The van der Waals surface area contributed by atoms with Crippen molar-refractivity contribution in [2.24, 2.45) is 5.41 Å². The largest absolute Gasteiger partial charge is 0.391 e. The molecule has 3 nitrogen and oxygen atoms in total. The quantitative estimate of drug-likeness (QED) is 0.707. The van der Waals surface area contributed by atoms with Crippen LogP contribution in [0.1, 0.15) is 51.9 Å². The second kappa shape index (κ2) is 6.88. The first kappa shape index (κ1) is 13.5. The van der Waals surface area contributed by atoms with E-state index in [1.807, 2.05) is 0 Å². The van der Waals surface area contributed by atoms with Crippen molar-refractivity contribution in [3.63, 3.8) is 0 Å². The third-order valence-electron chi connectivity index (χ3n) is 3.58. The van der Waals surface area contributed by atoms with Gasteiger partial charge >= 0.3 is 0 Å². The van der Waals surface area contributed by atoms with Gasteiger partial charge in [0.1, 0.15) is 0 Å². The second-order valence-electron chi connectivity index (χ2n) is 4.75. The Hall–Kier alpha value is -0.590. The first-order valence-electron chi connectivity index (χ1n) is 6.42. The molecule has 1 atom stereocenters. The summed E-state index contributed by atoms with van der Waals surface area (Å²) in [5, 5.41) is 19.4. The molecule has 0 aromatic rings. The highest BCUT2D eigenvalue weighted by atomic mass is 16.5. The number of nitrogens with zero attached hydrogens (tertiary/aromatic N) is 1. The maximum Gasteiger partial charge on any atom is 0.0875 e. The van der Waals surface area contributed by atoms with Crippen molar-refractivity contribution >= 4 is 0 Å². The van der Waals surface area contributed by atoms with Gasteiger partial charge in [0.2, 0.25) is 0 Å². The Bertz CT molecular complexity index is 229. The van der Waals surface area contributed by atoms with Gasteiger partial charge in [0.25, 0.3) is 0 Å². The Morgan fingerprint density at radius 2 is 2.00 bits per heavy atom. The van der Waals surface area contributed by atoms with Crippen molar-refractivity contribution in [3.05, 3.63) is 0 Å². The van der Waals surface area contributed by atoms with Gasteiger partial charge in [-0.05, 0) is 19.3 Å². The molecular formula is C13H23NO2. The van der Waals surface area contributed by atoms with E-state index in [1.165, 1.54) is 12.8 Å². The zero-order chi connectivity index (χ0) is 11.9. The molecule has 0 saturated carbocycles. The van der Waals surface area contributed by atoms with E-state index in [-0.39, 0.29) is 0 Å². The molecule has 1 unspecified atom stereocenters. The Morgan fingerprint density at radius 1 is 1.31 bits per heavy atom. The van der Waals surface area contributed by atoms with Crippen LogP contribution in [0.4, 0.5) is 0 Å². The van der Waals surface area contributed by atoms with Crippen molar-refractivity contribution in [1.82, 2.24) is 0 Å². The normalized spacial score (nSPS) is 21.3. The second-order valence-corrected chi connectivity index (χ2v) is 4.75. The lowest BCUT2D eigenvalue weighted by atomic mass is 9.75. The smallest absolute Gasteiger partial charge is 0.0875 e. The maximum absolute atomic E-state index is 10.1. The third-order valence-corrected chi connectivity index (χ3v) is 3.58. The van der Waals surface area contributed by atoms with Crippen molar-refractivity contribution in [3.8, 4) is 6.07 Å². The molecule has 0 aromatic heterocycles. The Kier molecular flexibility index (Phi) is 5.79. The van der Waals surface area contributed by atoms with Gasteiger partial charge in [-0.2, -0.15) is 5.26 Å². The van der Waals surface area contributed by atoms with E-state index in [9.17, 15) is 10.4 Å². The van der Waals surface area contributed by atoms with Gasteiger partial charge in [0.15, 0.2) is 0 Å². The molecule has 1 N–H and O–H groups in total. The van der Waals surface area contributed by atoms with Gasteiger partial charge in [-0.15, -0.1) is 0 Å². The topological polar surface area (TPSA) is 53.2 Å². The van der Waals surface area contributed by atoms with E-state index in [0.29, 0.717) is 26.1 Å². The predicted octanol–water partition coefficient (Wildman–Crippen LogP) is 2.64. The highest BCUT2D eigenvalue weighted by Gasteiger charge is 2.39. The van der Waals surface area contributed by atoms with E-state index in [0.717, 1.165) is 19.3 Å². The minimum atomic E-state index is -0.537. The molecule has 0 aromatic carbocycles. The lowest BCUT2D eigenvalue weighted by Gasteiger charge is -2.34. The van der Waals surface area contributed by atoms with Crippen LogP contribution in [0.15, 0.2) is 0 Å². The fourth-order valence-electron chi connectivity index (χ4n) is 2.30. The van der Waals surface area contributed by atoms with E-state index in [2.05, 4.69) is 13.0 Å². The fourth-order valence-corrected chi connectivity index (χ4v) is 2.30. The maximum atomic E-state index is 10.1. The van der Waals surface area contributed by atoms with Gasteiger partial charge in [-0.25, -0.2) is 0 Å². The van der Waals surface area contributed by atoms with Crippen molar-refractivity contribution < 1.29 is 9.84 Å². The summed E-state index contributed by atoms with van der Waals surface area (Å²) >= 11 is 0. The number of hydrogen-bond donors (Lipinski definition) is 1. The summed E-state index contributed by atoms with van der Waals surface area (Å²) in [7, 11) is 0. The predicted molar refractivity (Wildman–Crippen MR) is 62.9 cm³/mol. The molecular weight excluding hydrogens is 202 g/mol. The lowest BCUT2D eigenvalue weighted by Crippen LogP contribution is -2.39. The molecule has 1 rings (SSSR count). The van der Waals surface area contributed by atoms with Crippen molar-refractivity contribution in [1.29, 1.82) is 5.26 Å². The van der Waals surface area contributed by atoms with Crippen LogP contribution in [0.3, 0.4) is 0 Å². The number of unbranched alkanes of at least 4 members (excludes halogenated alkanes) is 3. The standard InChI is InChI=1S/C13H23NO2/c1-2-3-4-5-6-12(15)13(11-14)7-9-16-10-8-13/h12,15H,2-10H2,1H3. The molecule has 0 aliphatic carbocycles. The van der Waals surface area contributed by atoms with E-state index in [4.69, 9.17) is 4.74 Å². The summed E-state index contributed by atoms with van der Waals surface area (Å²) in [5.41, 5.74) is -0.537. The van der Waals surface area contributed by atoms with Crippen LogP contribution < -0.4 is 0 Å². The molecule has 92 valence electrons. The highest BCUT2D eigenvalue weighted by Crippen LogP contribution is 2.35. The average molecular weight is 225 g/mol. The number of rotatable bonds is 6. The Morgan fingerprint density at radius 3 is 2.56 bits per heavy atom. The third kappa shape index (κ3) is 3.47. The number of aliphatic hydroxyl groups is 1. The molecule has 1 fully saturated rings. The molecule has 16 heavy (non-hydrogen) atoms. The Labute approximate surface area is 98.4 Å². The monoisotopic (exact) mass is 225 g/mol. The summed E-state index contributed by atoms with van der Waals surface area (Å²) in [4.78, 5) is 0. The van der Waals surface area contributed by atoms with Crippen LogP contribution in [0.25, 0.3) is 0 Å². The zero-order valence-electron chi connectivity index (χ0n) is 10.2. The molecule has 1 aliphatic heterocycles. The highest BCUT2D eigenvalue weighted by molar-refractivity contribution is 5.04. The van der Waals surface area contributed by atoms with Crippen LogP contribution in [-0.2, 0) is 4.74 Å². The van der Waals surface area contributed by atoms with E-state index < -0.39 is 11.5 Å². The number of hydrogen-bond acceptors (Lipinski definition) is 3. The SMILES string of the molecule is CCCCCCC(O)C1(C#N)CCOCC1. The van der Waals surface area contributed by atoms with E-state index in [1.54, 1.807) is 0 Å². The summed E-state index contributed by atoms with van der Waals surface area (Å²) < 4.78 is 5.26. The number of aliphatic hydroxyl groups excluding tert-OH is 1. The summed E-state index contributed by atoms with van der Waals surface area (Å²) in [6.07, 6.45) is 6.25. The van der Waals surface area contributed by atoms with Gasteiger partial charge in [-0.1, -0.05) is 32.6 Å². The van der Waals surface area contributed by atoms with Crippen molar-refractivity contribution in [2.75, 3.05) is 13.2 Å². The molecule has 1 saturated heterocycles. The molecule has 0 spiro atoms. The van der Waals surface area contributed by atoms with Gasteiger partial charge in [0, 0.05) is 13.2 Å². The van der Waals surface area contributed by atoms with Crippen LogP contribution >= 0.6 is 0 Å². The number of nitriles is 1. The van der Waals surface area contributed by atoms with Gasteiger partial charge in [-0.3, -0.25) is 0 Å². The van der Waals surface area contributed by atoms with E-state index >= 15 is 0 Å². The van der Waals surface area contributed by atoms with Crippen LogP contribution in [0.2, 0.25) is 0 Å². The van der Waals surface area contributed by atoms with Crippen LogP contribution in [0, 0.1) is 16.7 Å². The van der Waals surface area contributed by atoms with Crippen LogP contribution in [-0.4, -0.2) is 24.4 Å². The number of ether oxygens (including phenoxy) is 1. The summed E-state index contributed by atoms with van der Waals surface area (Å²) in [6.45, 7) is 3.39.